The van der Waals surface area contributed by atoms with Crippen LogP contribution in [0.3, 0.4) is 0 Å². The summed E-state index contributed by atoms with van der Waals surface area (Å²) in [5.74, 6) is 0. The predicted octanol–water partition coefficient (Wildman–Crippen LogP) is 2.75. The van der Waals surface area contributed by atoms with Crippen LogP contribution in [0.25, 0.3) is 0 Å². The molecular formula is C12H16FN. The lowest BCUT2D eigenvalue weighted by atomic mass is 9.78. The Labute approximate surface area is 84.1 Å². The quantitative estimate of drug-likeness (QED) is 0.729. The van der Waals surface area contributed by atoms with Crippen LogP contribution in [0.4, 0.5) is 4.39 Å². The number of hydrogen-bond acceptors (Lipinski definition) is 1. The number of nitrogens with two attached hydrogens (primary N) is 1. The number of alkyl halides is 1. The maximum atomic E-state index is 14.6. The van der Waals surface area contributed by atoms with Gasteiger partial charge in [-0.3, -0.25) is 0 Å². The van der Waals surface area contributed by atoms with Crippen LogP contribution in [0.5, 0.6) is 0 Å². The highest BCUT2D eigenvalue weighted by Crippen LogP contribution is 2.39. The third-order valence-electron chi connectivity index (χ3n) is 3.15. The van der Waals surface area contributed by atoms with Crippen LogP contribution < -0.4 is 5.73 Å². The van der Waals surface area contributed by atoms with Gasteiger partial charge < -0.3 is 5.73 Å². The molecule has 0 unspecified atom stereocenters. The van der Waals surface area contributed by atoms with E-state index in [1.807, 2.05) is 30.3 Å². The minimum atomic E-state index is -1.29. The van der Waals surface area contributed by atoms with Gasteiger partial charge in [0.25, 0.3) is 0 Å². The lowest BCUT2D eigenvalue weighted by molar-refractivity contribution is 0.0796. The van der Waals surface area contributed by atoms with E-state index in [4.69, 9.17) is 5.73 Å². The molecule has 0 saturated heterocycles. The van der Waals surface area contributed by atoms with E-state index in [0.717, 1.165) is 24.8 Å². The molecule has 0 bridgehead atoms. The first-order chi connectivity index (χ1) is 6.73. The molecule has 2 heteroatoms. The van der Waals surface area contributed by atoms with Crippen molar-refractivity contribution in [2.24, 2.45) is 5.73 Å². The van der Waals surface area contributed by atoms with Crippen LogP contribution in [-0.4, -0.2) is 6.04 Å². The van der Waals surface area contributed by atoms with Crippen molar-refractivity contribution in [3.05, 3.63) is 35.9 Å². The Balaban J connectivity index is 2.30. The third kappa shape index (κ3) is 1.55. The van der Waals surface area contributed by atoms with Gasteiger partial charge in [0.2, 0.25) is 0 Å². The zero-order chi connectivity index (χ0) is 10.0. The summed E-state index contributed by atoms with van der Waals surface area (Å²) in [5, 5.41) is 0. The predicted molar refractivity (Wildman–Crippen MR) is 55.7 cm³/mol. The summed E-state index contributed by atoms with van der Waals surface area (Å²) in [5.41, 5.74) is 5.32. The number of rotatable bonds is 1. The highest BCUT2D eigenvalue weighted by molar-refractivity contribution is 5.25. The average Bonchev–Trinajstić information content (AvgIpc) is 2.24. The molecule has 0 amide bonds. The molecule has 1 aromatic carbocycles. The SMILES string of the molecule is N[C@H]1CCCC[C@]1(F)c1ccccc1. The molecule has 2 rings (SSSR count). The molecule has 14 heavy (non-hydrogen) atoms. The molecule has 2 atom stereocenters. The summed E-state index contributed by atoms with van der Waals surface area (Å²) in [6, 6.07) is 8.99. The van der Waals surface area contributed by atoms with Gasteiger partial charge in [0, 0.05) is 6.04 Å². The molecule has 2 N–H and O–H groups in total. The molecule has 0 aromatic heterocycles. The fourth-order valence-corrected chi connectivity index (χ4v) is 2.23. The van der Waals surface area contributed by atoms with Crippen LogP contribution in [0.15, 0.2) is 30.3 Å². The van der Waals surface area contributed by atoms with Gasteiger partial charge in [-0.1, -0.05) is 36.8 Å². The van der Waals surface area contributed by atoms with Gasteiger partial charge >= 0.3 is 0 Å². The van der Waals surface area contributed by atoms with Gasteiger partial charge in [-0.25, -0.2) is 4.39 Å². The van der Waals surface area contributed by atoms with Gasteiger partial charge in [-0.05, 0) is 24.8 Å². The molecular weight excluding hydrogens is 177 g/mol. The van der Waals surface area contributed by atoms with E-state index in [2.05, 4.69) is 0 Å². The molecule has 1 aliphatic rings. The molecule has 0 aliphatic heterocycles. The molecule has 1 aliphatic carbocycles. The van der Waals surface area contributed by atoms with Gasteiger partial charge in [0.1, 0.15) is 0 Å². The van der Waals surface area contributed by atoms with Crippen molar-refractivity contribution in [2.45, 2.75) is 37.4 Å². The zero-order valence-corrected chi connectivity index (χ0v) is 8.25. The summed E-state index contributed by atoms with van der Waals surface area (Å²) >= 11 is 0. The van der Waals surface area contributed by atoms with Crippen molar-refractivity contribution in [3.8, 4) is 0 Å². The summed E-state index contributed by atoms with van der Waals surface area (Å²) in [6.45, 7) is 0. The fraction of sp³-hybridized carbons (Fsp3) is 0.500. The summed E-state index contributed by atoms with van der Waals surface area (Å²) in [7, 11) is 0. The van der Waals surface area contributed by atoms with E-state index in [9.17, 15) is 4.39 Å². The van der Waals surface area contributed by atoms with Crippen LogP contribution >= 0.6 is 0 Å². The highest BCUT2D eigenvalue weighted by atomic mass is 19.1. The van der Waals surface area contributed by atoms with E-state index >= 15 is 0 Å². The van der Waals surface area contributed by atoms with Crippen molar-refractivity contribution in [2.75, 3.05) is 0 Å². The average molecular weight is 193 g/mol. The van der Waals surface area contributed by atoms with Crippen molar-refractivity contribution >= 4 is 0 Å². The van der Waals surface area contributed by atoms with Gasteiger partial charge in [-0.2, -0.15) is 0 Å². The number of halogens is 1. The van der Waals surface area contributed by atoms with E-state index in [1.54, 1.807) is 0 Å². The van der Waals surface area contributed by atoms with Gasteiger partial charge in [-0.15, -0.1) is 0 Å². The summed E-state index contributed by atoms with van der Waals surface area (Å²) < 4.78 is 14.6. The minimum Gasteiger partial charge on any atom is -0.325 e. The molecule has 1 fully saturated rings. The Hall–Kier alpha value is -0.890. The molecule has 1 aromatic rings. The smallest absolute Gasteiger partial charge is 0.150 e. The Morgan fingerprint density at radius 3 is 2.57 bits per heavy atom. The lowest BCUT2D eigenvalue weighted by Crippen LogP contribution is -2.44. The van der Waals surface area contributed by atoms with Crippen LogP contribution in [-0.2, 0) is 5.67 Å². The van der Waals surface area contributed by atoms with Crippen LogP contribution in [0, 0.1) is 0 Å². The first kappa shape index (κ1) is 9.66. The first-order valence-electron chi connectivity index (χ1n) is 5.23. The standard InChI is InChI=1S/C12H16FN/c13-12(9-5-4-8-11(12)14)10-6-2-1-3-7-10/h1-3,6-7,11H,4-5,8-9,14H2/t11-,12-/m0/s1. The number of hydrogen-bond donors (Lipinski definition) is 1. The van der Waals surface area contributed by atoms with E-state index in [-0.39, 0.29) is 6.04 Å². The second-order valence-electron chi connectivity index (χ2n) is 4.08. The maximum Gasteiger partial charge on any atom is 0.150 e. The topological polar surface area (TPSA) is 26.0 Å². The number of benzene rings is 1. The third-order valence-corrected chi connectivity index (χ3v) is 3.15. The van der Waals surface area contributed by atoms with Crippen molar-refractivity contribution < 1.29 is 4.39 Å². The second-order valence-corrected chi connectivity index (χ2v) is 4.08. The molecule has 0 spiro atoms. The molecule has 76 valence electrons. The van der Waals surface area contributed by atoms with Crippen molar-refractivity contribution in [1.29, 1.82) is 0 Å². The minimum absolute atomic E-state index is 0.335. The molecule has 1 saturated carbocycles. The van der Waals surface area contributed by atoms with Crippen LogP contribution in [0.2, 0.25) is 0 Å². The second kappa shape index (κ2) is 3.70. The molecule has 0 radical (unpaired) electrons. The Kier molecular flexibility index (Phi) is 2.55. The molecule has 1 nitrogen and oxygen atoms in total. The highest BCUT2D eigenvalue weighted by Gasteiger charge is 2.40. The van der Waals surface area contributed by atoms with Crippen molar-refractivity contribution in [1.82, 2.24) is 0 Å². The van der Waals surface area contributed by atoms with Gasteiger partial charge in [0.05, 0.1) is 0 Å². The van der Waals surface area contributed by atoms with Gasteiger partial charge in [0.15, 0.2) is 5.67 Å². The summed E-state index contributed by atoms with van der Waals surface area (Å²) in [4.78, 5) is 0. The zero-order valence-electron chi connectivity index (χ0n) is 8.25. The van der Waals surface area contributed by atoms with E-state index < -0.39 is 5.67 Å². The van der Waals surface area contributed by atoms with E-state index in [0.29, 0.717) is 6.42 Å². The Bertz CT molecular complexity index is 298. The Morgan fingerprint density at radius 1 is 1.21 bits per heavy atom. The van der Waals surface area contributed by atoms with Crippen LogP contribution in [0.1, 0.15) is 31.2 Å². The first-order valence-corrected chi connectivity index (χ1v) is 5.23. The maximum absolute atomic E-state index is 14.6. The van der Waals surface area contributed by atoms with E-state index in [1.165, 1.54) is 0 Å². The monoisotopic (exact) mass is 193 g/mol. The lowest BCUT2D eigenvalue weighted by Gasteiger charge is -2.35. The Morgan fingerprint density at radius 2 is 1.93 bits per heavy atom. The van der Waals surface area contributed by atoms with Crippen molar-refractivity contribution in [3.63, 3.8) is 0 Å². The fourth-order valence-electron chi connectivity index (χ4n) is 2.23. The molecule has 0 heterocycles. The largest absolute Gasteiger partial charge is 0.325 e. The summed E-state index contributed by atoms with van der Waals surface area (Å²) in [6.07, 6.45) is 3.36. The normalized spacial score (nSPS) is 32.9.